The quantitative estimate of drug-likeness (QED) is 0.627. The van der Waals surface area contributed by atoms with Gasteiger partial charge >= 0.3 is 0 Å². The van der Waals surface area contributed by atoms with Crippen molar-refractivity contribution in [3.63, 3.8) is 0 Å². The molecular weight excluding hydrogens is 286 g/mol. The molecule has 0 fully saturated rings. The summed E-state index contributed by atoms with van der Waals surface area (Å²) >= 11 is 1.44. The minimum Gasteiger partial charge on any atom is -0.355 e. The van der Waals surface area contributed by atoms with Crippen LogP contribution < -0.4 is 5.32 Å². The molecule has 1 amide bonds. The summed E-state index contributed by atoms with van der Waals surface area (Å²) in [6, 6.07) is 3.17. The van der Waals surface area contributed by atoms with E-state index in [0.29, 0.717) is 12.3 Å². The first-order chi connectivity index (χ1) is 9.65. The molecule has 1 aromatic carbocycles. The lowest BCUT2D eigenvalue weighted by atomic mass is 10.1. The molecule has 8 heteroatoms. The van der Waals surface area contributed by atoms with Gasteiger partial charge in [-0.25, -0.2) is 8.78 Å². The highest BCUT2D eigenvalue weighted by Crippen LogP contribution is 2.12. The maximum absolute atomic E-state index is 13.3. The van der Waals surface area contributed by atoms with E-state index in [4.69, 9.17) is 0 Å². The van der Waals surface area contributed by atoms with Crippen molar-refractivity contribution in [1.29, 1.82) is 0 Å². The van der Waals surface area contributed by atoms with Gasteiger partial charge in [0.15, 0.2) is 0 Å². The molecule has 2 N–H and O–H groups in total. The van der Waals surface area contributed by atoms with Gasteiger partial charge in [-0.1, -0.05) is 6.07 Å². The number of aromatic amines is 1. The number of benzene rings is 1. The van der Waals surface area contributed by atoms with Gasteiger partial charge in [0.1, 0.15) is 16.7 Å². The topological polar surface area (TPSA) is 70.7 Å². The highest BCUT2D eigenvalue weighted by molar-refractivity contribution is 7.99. The maximum Gasteiger partial charge on any atom is 0.224 e. The van der Waals surface area contributed by atoms with E-state index in [-0.39, 0.29) is 17.9 Å². The Morgan fingerprint density at radius 1 is 1.40 bits per heavy atom. The van der Waals surface area contributed by atoms with E-state index in [2.05, 4.69) is 20.7 Å². The van der Waals surface area contributed by atoms with Crippen LogP contribution in [-0.2, 0) is 11.2 Å². The molecule has 1 heterocycles. The van der Waals surface area contributed by atoms with E-state index in [1.54, 1.807) is 6.20 Å². The molecule has 2 aromatic rings. The Hall–Kier alpha value is -1.96. The van der Waals surface area contributed by atoms with Gasteiger partial charge in [-0.05, 0) is 11.6 Å². The van der Waals surface area contributed by atoms with E-state index in [1.165, 1.54) is 17.8 Å². The average molecular weight is 298 g/mol. The van der Waals surface area contributed by atoms with Crippen molar-refractivity contribution >= 4 is 17.7 Å². The van der Waals surface area contributed by atoms with Crippen LogP contribution in [0.1, 0.15) is 5.56 Å². The number of carbonyl (C=O) groups is 1. The number of nitrogens with one attached hydrogen (secondary N) is 2. The molecule has 0 bridgehead atoms. The van der Waals surface area contributed by atoms with E-state index in [9.17, 15) is 13.6 Å². The summed E-state index contributed by atoms with van der Waals surface area (Å²) in [7, 11) is 0. The first-order valence-electron chi connectivity index (χ1n) is 5.84. The van der Waals surface area contributed by atoms with Crippen LogP contribution in [0.4, 0.5) is 8.78 Å². The zero-order valence-corrected chi connectivity index (χ0v) is 11.2. The zero-order valence-electron chi connectivity index (χ0n) is 10.4. The molecule has 106 valence electrons. The Bertz CT molecular complexity index is 577. The maximum atomic E-state index is 13.3. The number of halogens is 2. The van der Waals surface area contributed by atoms with Crippen LogP contribution in [0.3, 0.4) is 0 Å². The fourth-order valence-corrected chi connectivity index (χ4v) is 2.15. The molecule has 0 radical (unpaired) electrons. The number of carbonyl (C=O) groups excluding carboxylic acids is 1. The Kier molecular flexibility index (Phi) is 5.05. The normalized spacial score (nSPS) is 10.5. The minimum atomic E-state index is -0.711. The molecule has 0 atom stereocenters. The van der Waals surface area contributed by atoms with Crippen molar-refractivity contribution in [1.82, 2.24) is 20.7 Å². The van der Waals surface area contributed by atoms with Gasteiger partial charge < -0.3 is 5.32 Å². The van der Waals surface area contributed by atoms with Crippen LogP contribution in [0, 0.1) is 11.6 Å². The van der Waals surface area contributed by atoms with E-state index in [0.717, 1.165) is 17.2 Å². The van der Waals surface area contributed by atoms with Crippen LogP contribution in [0.2, 0.25) is 0 Å². The van der Waals surface area contributed by atoms with Gasteiger partial charge in [0.2, 0.25) is 5.91 Å². The number of nitrogens with zero attached hydrogens (tertiary/aromatic N) is 2. The highest BCUT2D eigenvalue weighted by Gasteiger charge is 2.08. The fourth-order valence-electron chi connectivity index (χ4n) is 1.51. The summed E-state index contributed by atoms with van der Waals surface area (Å²) in [5.41, 5.74) is 0.174. The summed E-state index contributed by atoms with van der Waals surface area (Å²) in [4.78, 5) is 11.6. The van der Waals surface area contributed by atoms with Crippen molar-refractivity contribution in [2.45, 2.75) is 11.4 Å². The van der Waals surface area contributed by atoms with Crippen molar-refractivity contribution in [2.24, 2.45) is 0 Å². The molecule has 5 nitrogen and oxygen atoms in total. The third-order valence-electron chi connectivity index (χ3n) is 2.43. The summed E-state index contributed by atoms with van der Waals surface area (Å²) < 4.78 is 26.1. The molecule has 2 rings (SSSR count). The number of H-pyrrole nitrogens is 1. The predicted octanol–water partition coefficient (Wildman–Crippen LogP) is 1.53. The molecule has 0 saturated carbocycles. The van der Waals surface area contributed by atoms with Gasteiger partial charge in [-0.15, -0.1) is 16.9 Å². The van der Waals surface area contributed by atoms with Gasteiger partial charge in [-0.2, -0.15) is 10.3 Å². The van der Waals surface area contributed by atoms with Crippen LogP contribution in [-0.4, -0.2) is 33.6 Å². The fraction of sp³-hybridized carbons (Fsp3) is 0.250. The smallest absolute Gasteiger partial charge is 0.224 e. The number of hydrogen-bond acceptors (Lipinski definition) is 4. The number of hydrogen-bond donors (Lipinski definition) is 2. The second kappa shape index (κ2) is 6.99. The first kappa shape index (κ1) is 14.4. The van der Waals surface area contributed by atoms with E-state index in [1.807, 2.05) is 0 Å². The third kappa shape index (κ3) is 4.30. The summed E-state index contributed by atoms with van der Waals surface area (Å²) in [6.07, 6.45) is 1.47. The number of amides is 1. The molecule has 0 unspecified atom stereocenters. The molecular formula is C12H12F2N4OS. The SMILES string of the molecule is O=C(Cc1ccc(F)cc1F)NCCSc1cn[nH]n1. The van der Waals surface area contributed by atoms with Crippen LogP contribution in [0.5, 0.6) is 0 Å². The summed E-state index contributed by atoms with van der Waals surface area (Å²) in [6.45, 7) is 0.430. The second-order valence-electron chi connectivity index (χ2n) is 3.92. The van der Waals surface area contributed by atoms with Crippen LogP contribution in [0.25, 0.3) is 0 Å². The number of thioether (sulfide) groups is 1. The van der Waals surface area contributed by atoms with Crippen molar-refractivity contribution < 1.29 is 13.6 Å². The number of aromatic nitrogens is 3. The van der Waals surface area contributed by atoms with Crippen molar-refractivity contribution in [3.05, 3.63) is 41.6 Å². The van der Waals surface area contributed by atoms with Crippen molar-refractivity contribution in [3.8, 4) is 0 Å². The standard InChI is InChI=1S/C12H12F2N4OS/c13-9-2-1-8(10(14)6-9)5-11(19)15-3-4-20-12-7-16-18-17-12/h1-2,6-7H,3-5H2,(H,15,19)(H,16,17,18). The summed E-state index contributed by atoms with van der Waals surface area (Å²) in [5, 5.41) is 13.4. The Morgan fingerprint density at radius 2 is 2.25 bits per heavy atom. The zero-order chi connectivity index (χ0) is 14.4. The lowest BCUT2D eigenvalue weighted by Gasteiger charge is -2.05. The molecule has 0 spiro atoms. The Balaban J connectivity index is 1.72. The third-order valence-corrected chi connectivity index (χ3v) is 3.33. The van der Waals surface area contributed by atoms with Crippen LogP contribution in [0.15, 0.2) is 29.4 Å². The molecule has 0 aliphatic rings. The number of rotatable bonds is 6. The molecule has 1 aromatic heterocycles. The minimum absolute atomic E-state index is 0.110. The first-order valence-corrected chi connectivity index (χ1v) is 6.83. The van der Waals surface area contributed by atoms with Gasteiger partial charge in [-0.3, -0.25) is 4.79 Å². The van der Waals surface area contributed by atoms with Gasteiger partial charge in [0.05, 0.1) is 12.6 Å². The monoisotopic (exact) mass is 298 g/mol. The lowest BCUT2D eigenvalue weighted by Crippen LogP contribution is -2.27. The second-order valence-corrected chi connectivity index (χ2v) is 5.03. The van der Waals surface area contributed by atoms with E-state index >= 15 is 0 Å². The van der Waals surface area contributed by atoms with Gasteiger partial charge in [0.25, 0.3) is 0 Å². The predicted molar refractivity (Wildman–Crippen MR) is 70.2 cm³/mol. The molecule has 0 saturated heterocycles. The van der Waals surface area contributed by atoms with Gasteiger partial charge in [0, 0.05) is 18.4 Å². The molecule has 0 aliphatic heterocycles. The Morgan fingerprint density at radius 3 is 2.95 bits per heavy atom. The largest absolute Gasteiger partial charge is 0.355 e. The average Bonchev–Trinajstić information content (AvgIpc) is 2.91. The molecule has 20 heavy (non-hydrogen) atoms. The molecule has 0 aliphatic carbocycles. The van der Waals surface area contributed by atoms with Crippen molar-refractivity contribution in [2.75, 3.05) is 12.3 Å². The lowest BCUT2D eigenvalue weighted by molar-refractivity contribution is -0.120. The highest BCUT2D eigenvalue weighted by atomic mass is 32.2. The van der Waals surface area contributed by atoms with Crippen LogP contribution >= 0.6 is 11.8 Å². The van der Waals surface area contributed by atoms with E-state index < -0.39 is 11.6 Å². The Labute approximate surface area is 118 Å². The summed E-state index contributed by atoms with van der Waals surface area (Å²) in [5.74, 6) is -1.05.